The summed E-state index contributed by atoms with van der Waals surface area (Å²) in [5, 5.41) is 29.9. The van der Waals surface area contributed by atoms with Crippen molar-refractivity contribution in [2.45, 2.75) is 77.0 Å². The van der Waals surface area contributed by atoms with Gasteiger partial charge in [0, 0.05) is 56.1 Å². The number of amides is 5. The summed E-state index contributed by atoms with van der Waals surface area (Å²) in [6, 6.07) is 14.6. The lowest BCUT2D eigenvalue weighted by atomic mass is 9.87. The predicted molar refractivity (Wildman–Crippen MR) is 242 cm³/mol. The number of aliphatic hydroxyl groups is 1. The standard InChI is InChI=1S/C47H58N10O8/c1-27-35(26-52-41(53-27)30-8-11-32(12-9-30)47(3,4)5)43(60)55-36(15-20-58)46(63)57(6)40-31-10-14-39(65-22-18-50)34(25-31)33-23-29(7-13-38(33)64-21-17-49)24-37(44(61)51-19-16-48)56-42(59)28(2)54-45(40)62/h7-14,23,25-26,28,36-37,40,58H,15,17-22,24,49-50H2,1-6H3,(H,51,61)(H,54,62)(H,55,60)(H,56,59)/t28-,36?,37-,40-/m0/s1. The molecule has 4 bridgehead atoms. The zero-order valence-corrected chi connectivity index (χ0v) is 37.6. The molecule has 18 heteroatoms. The van der Waals surface area contributed by atoms with Gasteiger partial charge in [-0.15, -0.1) is 0 Å². The van der Waals surface area contributed by atoms with Crippen molar-refractivity contribution in [3.05, 3.63) is 94.8 Å². The lowest BCUT2D eigenvalue weighted by Gasteiger charge is -2.32. The minimum Gasteiger partial charge on any atom is -0.492 e. The number of benzene rings is 3. The highest BCUT2D eigenvalue weighted by Gasteiger charge is 2.36. The topological polar surface area (TPSA) is 277 Å². The molecule has 1 unspecified atom stereocenters. The van der Waals surface area contributed by atoms with Gasteiger partial charge in [0.15, 0.2) is 5.82 Å². The maximum absolute atomic E-state index is 14.6. The highest BCUT2D eigenvalue weighted by molar-refractivity contribution is 6.00. The first-order chi connectivity index (χ1) is 31.0. The van der Waals surface area contributed by atoms with Crippen molar-refractivity contribution in [2.24, 2.45) is 11.5 Å². The first-order valence-electron chi connectivity index (χ1n) is 21.3. The number of hydrogen-bond acceptors (Lipinski definition) is 13. The summed E-state index contributed by atoms with van der Waals surface area (Å²) in [5.74, 6) is -2.41. The SMILES string of the molecule is Cc1nc(-c2ccc(C(C)(C)C)cc2)ncc1C(=O)NC(CCO)C(=O)N(C)[C@@H]1C(=O)N[C@@H](C)C(=O)N[C@H](C(=O)NCC#N)Cc2ccc(OCCN)c(c2)-c2cc1ccc2OCCN. The molecule has 3 aromatic carbocycles. The van der Waals surface area contributed by atoms with Crippen molar-refractivity contribution in [3.63, 3.8) is 0 Å². The number of nitrogens with one attached hydrogen (secondary N) is 4. The maximum Gasteiger partial charge on any atom is 0.255 e. The van der Waals surface area contributed by atoms with Crippen molar-refractivity contribution in [2.75, 3.05) is 46.5 Å². The molecule has 9 N–H and O–H groups in total. The van der Waals surface area contributed by atoms with Crippen molar-refractivity contribution >= 4 is 29.5 Å². The van der Waals surface area contributed by atoms with Crippen LogP contribution in [0.4, 0.5) is 0 Å². The van der Waals surface area contributed by atoms with Gasteiger partial charge >= 0.3 is 0 Å². The number of nitrogens with two attached hydrogens (primary N) is 2. The molecule has 0 spiro atoms. The van der Waals surface area contributed by atoms with E-state index in [0.717, 1.165) is 16.0 Å². The molecule has 5 amide bonds. The second-order valence-corrected chi connectivity index (χ2v) is 16.6. The monoisotopic (exact) mass is 890 g/mol. The van der Waals surface area contributed by atoms with Crippen LogP contribution < -0.4 is 42.2 Å². The normalized spacial score (nSPS) is 16.7. The first kappa shape index (κ1) is 49.1. The number of carbonyl (C=O) groups excluding carboxylic acids is 5. The zero-order valence-electron chi connectivity index (χ0n) is 37.6. The Morgan fingerprint density at radius 1 is 0.969 bits per heavy atom. The van der Waals surface area contributed by atoms with E-state index in [1.54, 1.807) is 43.3 Å². The van der Waals surface area contributed by atoms with Crippen molar-refractivity contribution < 1.29 is 38.6 Å². The van der Waals surface area contributed by atoms with Gasteiger partial charge in [-0.3, -0.25) is 24.0 Å². The van der Waals surface area contributed by atoms with E-state index in [-0.39, 0.29) is 62.2 Å². The van der Waals surface area contributed by atoms with E-state index < -0.39 is 60.3 Å². The number of carbonyl (C=O) groups is 5. The van der Waals surface area contributed by atoms with Crippen LogP contribution in [0.25, 0.3) is 22.5 Å². The van der Waals surface area contributed by atoms with Crippen LogP contribution in [-0.2, 0) is 31.0 Å². The van der Waals surface area contributed by atoms with Gasteiger partial charge in [0.05, 0.1) is 17.3 Å². The van der Waals surface area contributed by atoms with E-state index in [2.05, 4.69) is 52.0 Å². The summed E-state index contributed by atoms with van der Waals surface area (Å²) in [6.07, 6.45) is 1.15. The van der Waals surface area contributed by atoms with Crippen LogP contribution in [0.3, 0.4) is 0 Å². The molecule has 5 rings (SSSR count). The number of aryl methyl sites for hydroxylation is 1. The number of nitriles is 1. The van der Waals surface area contributed by atoms with Gasteiger partial charge in [-0.2, -0.15) is 5.26 Å². The largest absolute Gasteiger partial charge is 0.492 e. The van der Waals surface area contributed by atoms with Gasteiger partial charge < -0.3 is 52.2 Å². The highest BCUT2D eigenvalue weighted by atomic mass is 16.5. The summed E-state index contributed by atoms with van der Waals surface area (Å²) in [6.45, 7) is 9.23. The van der Waals surface area contributed by atoms with Crippen LogP contribution in [-0.4, -0.2) is 114 Å². The second kappa shape index (κ2) is 22.1. The van der Waals surface area contributed by atoms with E-state index in [9.17, 15) is 29.1 Å². The molecule has 0 radical (unpaired) electrons. The Labute approximate surface area is 378 Å². The Morgan fingerprint density at radius 3 is 2.22 bits per heavy atom. The lowest BCUT2D eigenvalue weighted by Crippen LogP contribution is -2.56. The minimum absolute atomic E-state index is 0.00834. The molecule has 2 heterocycles. The summed E-state index contributed by atoms with van der Waals surface area (Å²) in [4.78, 5) is 80.1. The molecule has 344 valence electrons. The number of aliphatic hydroxyl groups excluding tert-OH is 1. The second-order valence-electron chi connectivity index (χ2n) is 16.6. The highest BCUT2D eigenvalue weighted by Crippen LogP contribution is 2.40. The molecule has 1 aliphatic heterocycles. The fraction of sp³-hybridized carbons (Fsp3) is 0.404. The van der Waals surface area contributed by atoms with Gasteiger partial charge in [-0.25, -0.2) is 9.97 Å². The van der Waals surface area contributed by atoms with E-state index >= 15 is 0 Å². The summed E-state index contributed by atoms with van der Waals surface area (Å²) in [7, 11) is 1.37. The van der Waals surface area contributed by atoms with Gasteiger partial charge in [-0.1, -0.05) is 57.2 Å². The molecule has 4 aromatic rings. The number of fused-ring (bicyclic) bond motifs is 5. The molecule has 0 saturated carbocycles. The molecule has 4 atom stereocenters. The molecule has 0 fully saturated rings. The summed E-state index contributed by atoms with van der Waals surface area (Å²) >= 11 is 0. The number of nitrogens with zero attached hydrogens (tertiary/aromatic N) is 4. The Hall–Kier alpha value is -6.94. The van der Waals surface area contributed by atoms with Crippen LogP contribution in [0, 0.1) is 18.3 Å². The molecular formula is C47H58N10O8. The summed E-state index contributed by atoms with van der Waals surface area (Å²) < 4.78 is 12.1. The third-order valence-corrected chi connectivity index (χ3v) is 10.8. The van der Waals surface area contributed by atoms with Crippen LogP contribution in [0.5, 0.6) is 11.5 Å². The maximum atomic E-state index is 14.6. The van der Waals surface area contributed by atoms with Crippen LogP contribution in [0.1, 0.15) is 72.9 Å². The van der Waals surface area contributed by atoms with E-state index in [1.165, 1.54) is 20.2 Å². The van der Waals surface area contributed by atoms with Crippen molar-refractivity contribution in [3.8, 4) is 40.1 Å². The van der Waals surface area contributed by atoms with Gasteiger partial charge in [-0.05, 0) is 66.6 Å². The molecule has 0 saturated heterocycles. The summed E-state index contributed by atoms with van der Waals surface area (Å²) in [5.41, 5.74) is 15.7. The van der Waals surface area contributed by atoms with E-state index in [1.807, 2.05) is 30.3 Å². The number of aromatic nitrogens is 2. The predicted octanol–water partition coefficient (Wildman–Crippen LogP) is 1.96. The average molecular weight is 891 g/mol. The Morgan fingerprint density at radius 2 is 1.62 bits per heavy atom. The van der Waals surface area contributed by atoms with E-state index in [0.29, 0.717) is 39.7 Å². The molecular weight excluding hydrogens is 833 g/mol. The number of ether oxygens (including phenoxy) is 2. The average Bonchev–Trinajstić information content (AvgIpc) is 3.28. The van der Waals surface area contributed by atoms with Crippen LogP contribution >= 0.6 is 0 Å². The Bertz CT molecular complexity index is 2410. The Kier molecular flexibility index (Phi) is 16.7. The Balaban J connectivity index is 1.55. The molecule has 18 nitrogen and oxygen atoms in total. The fourth-order valence-corrected chi connectivity index (χ4v) is 7.28. The van der Waals surface area contributed by atoms with Gasteiger partial charge in [0.2, 0.25) is 23.6 Å². The molecule has 65 heavy (non-hydrogen) atoms. The van der Waals surface area contributed by atoms with Gasteiger partial charge in [0.25, 0.3) is 5.91 Å². The molecule has 0 aliphatic carbocycles. The van der Waals surface area contributed by atoms with Crippen molar-refractivity contribution in [1.29, 1.82) is 5.26 Å². The van der Waals surface area contributed by atoms with Crippen LogP contribution in [0.15, 0.2) is 66.9 Å². The van der Waals surface area contributed by atoms with Crippen LogP contribution in [0.2, 0.25) is 0 Å². The third-order valence-electron chi connectivity index (χ3n) is 10.8. The fourth-order valence-electron chi connectivity index (χ4n) is 7.28. The molecule has 1 aliphatic rings. The number of likely N-dealkylation sites (N-methyl/N-ethyl adjacent to an activating group) is 1. The smallest absolute Gasteiger partial charge is 0.255 e. The van der Waals surface area contributed by atoms with Crippen molar-refractivity contribution in [1.82, 2.24) is 36.1 Å². The first-order valence-corrected chi connectivity index (χ1v) is 21.3. The lowest BCUT2D eigenvalue weighted by molar-refractivity contribution is -0.142. The number of hydrogen-bond donors (Lipinski definition) is 7. The number of rotatable bonds is 15. The third kappa shape index (κ3) is 12.2. The van der Waals surface area contributed by atoms with Gasteiger partial charge in [0.1, 0.15) is 55.4 Å². The minimum atomic E-state index is -1.44. The molecule has 1 aromatic heterocycles. The van der Waals surface area contributed by atoms with E-state index in [4.69, 9.17) is 26.2 Å². The zero-order chi connectivity index (χ0) is 47.4. The quantitative estimate of drug-likeness (QED) is 0.0843.